The van der Waals surface area contributed by atoms with Crippen molar-refractivity contribution in [1.29, 1.82) is 0 Å². The highest BCUT2D eigenvalue weighted by Gasteiger charge is 2.23. The standard InChI is InChI=1S/3C12H14F2O3.2CH4/c3*1-3-7(4-11(16)17-2)9-5-8(13)6-10(15)12(9)14;;/h3*5-7,15H,3-4H2,1-2H3;2*1H4/t2*7-;;;/m10.../s1. The Morgan fingerprint density at radius 2 is 0.698 bits per heavy atom. The third kappa shape index (κ3) is 15.3. The van der Waals surface area contributed by atoms with Crippen LogP contribution in [0.2, 0.25) is 0 Å². The Labute approximate surface area is 306 Å². The maximum atomic E-state index is 13.6. The third-order valence-electron chi connectivity index (χ3n) is 7.86. The van der Waals surface area contributed by atoms with Crippen molar-refractivity contribution in [3.63, 3.8) is 0 Å². The van der Waals surface area contributed by atoms with Crippen LogP contribution < -0.4 is 0 Å². The average Bonchev–Trinajstić information content (AvgIpc) is 3.10. The molecule has 0 aliphatic rings. The van der Waals surface area contributed by atoms with E-state index in [9.17, 15) is 56.0 Å². The molecule has 0 aromatic heterocycles. The third-order valence-corrected chi connectivity index (χ3v) is 7.86. The van der Waals surface area contributed by atoms with Crippen molar-refractivity contribution < 1.29 is 70.3 Å². The van der Waals surface area contributed by atoms with E-state index in [1.54, 1.807) is 20.8 Å². The van der Waals surface area contributed by atoms with Gasteiger partial charge in [0, 0.05) is 18.2 Å². The molecule has 0 saturated carbocycles. The van der Waals surface area contributed by atoms with Crippen LogP contribution in [0.4, 0.5) is 26.3 Å². The van der Waals surface area contributed by atoms with E-state index in [2.05, 4.69) is 14.2 Å². The van der Waals surface area contributed by atoms with Crippen LogP contribution in [0.3, 0.4) is 0 Å². The van der Waals surface area contributed by atoms with Gasteiger partial charge < -0.3 is 29.5 Å². The number of hydrogen-bond acceptors (Lipinski definition) is 9. The molecule has 0 saturated heterocycles. The first kappa shape index (κ1) is 50.2. The molecule has 3 aromatic carbocycles. The Balaban J connectivity index is 0. The van der Waals surface area contributed by atoms with E-state index in [-0.39, 0.29) is 50.8 Å². The zero-order valence-electron chi connectivity index (χ0n) is 29.0. The molecule has 53 heavy (non-hydrogen) atoms. The monoisotopic (exact) mass is 764 g/mol. The Morgan fingerprint density at radius 1 is 0.491 bits per heavy atom. The van der Waals surface area contributed by atoms with Gasteiger partial charge in [0.15, 0.2) is 34.7 Å². The van der Waals surface area contributed by atoms with Crippen molar-refractivity contribution in [2.24, 2.45) is 0 Å². The van der Waals surface area contributed by atoms with Gasteiger partial charge in [0.05, 0.1) is 40.6 Å². The minimum Gasteiger partial charge on any atom is -0.505 e. The van der Waals surface area contributed by atoms with Gasteiger partial charge in [-0.25, -0.2) is 26.3 Å². The predicted octanol–water partition coefficient (Wildman–Crippen LogP) is 9.45. The molecule has 3 rings (SSSR count). The number of benzene rings is 3. The van der Waals surface area contributed by atoms with Crippen LogP contribution in [0.1, 0.15) is 109 Å². The van der Waals surface area contributed by atoms with Crippen LogP contribution in [0.15, 0.2) is 36.4 Å². The Hall–Kier alpha value is -4.95. The molecule has 0 amide bonds. The van der Waals surface area contributed by atoms with Crippen molar-refractivity contribution in [3.8, 4) is 17.2 Å². The summed E-state index contributed by atoms with van der Waals surface area (Å²) in [6.07, 6.45) is 1.17. The lowest BCUT2D eigenvalue weighted by molar-refractivity contribution is -0.142. The van der Waals surface area contributed by atoms with E-state index in [1.807, 2.05) is 0 Å². The van der Waals surface area contributed by atoms with Crippen molar-refractivity contribution in [3.05, 3.63) is 88.0 Å². The van der Waals surface area contributed by atoms with Crippen LogP contribution in [-0.2, 0) is 28.6 Å². The molecule has 0 bridgehead atoms. The number of ether oxygens (including phenoxy) is 3. The molecule has 298 valence electrons. The highest BCUT2D eigenvalue weighted by atomic mass is 19.1. The summed E-state index contributed by atoms with van der Waals surface area (Å²) in [5, 5.41) is 27.6. The minimum absolute atomic E-state index is 0. The first-order valence-electron chi connectivity index (χ1n) is 15.7. The fraction of sp³-hybridized carbons (Fsp3) is 0.447. The second-order valence-corrected chi connectivity index (χ2v) is 11.1. The average molecular weight is 765 g/mol. The van der Waals surface area contributed by atoms with Crippen LogP contribution in [-0.4, -0.2) is 54.6 Å². The quantitative estimate of drug-likeness (QED) is 0.0935. The molecule has 3 aromatic rings. The van der Waals surface area contributed by atoms with Gasteiger partial charge >= 0.3 is 17.9 Å². The molecular weight excluding hydrogens is 714 g/mol. The molecule has 1 unspecified atom stereocenters. The molecule has 3 N–H and O–H groups in total. The zero-order chi connectivity index (χ0) is 39.0. The lowest BCUT2D eigenvalue weighted by Crippen LogP contribution is -2.10. The molecule has 3 atom stereocenters. The first-order valence-corrected chi connectivity index (χ1v) is 15.7. The summed E-state index contributed by atoms with van der Waals surface area (Å²) in [5.41, 5.74) is -0.0128. The summed E-state index contributed by atoms with van der Waals surface area (Å²) in [6.45, 7) is 5.24. The van der Waals surface area contributed by atoms with E-state index in [0.29, 0.717) is 37.5 Å². The summed E-state index contributed by atoms with van der Waals surface area (Å²) >= 11 is 0. The second kappa shape index (κ2) is 24.3. The van der Waals surface area contributed by atoms with E-state index in [1.165, 1.54) is 21.3 Å². The highest BCUT2D eigenvalue weighted by Crippen LogP contribution is 2.33. The Bertz CT molecular complexity index is 1450. The summed E-state index contributed by atoms with van der Waals surface area (Å²) in [6, 6.07) is 5.07. The summed E-state index contributed by atoms with van der Waals surface area (Å²) in [7, 11) is 3.69. The number of methoxy groups -OCH3 is 3. The largest absolute Gasteiger partial charge is 0.505 e. The normalized spacial score (nSPS) is 11.8. The van der Waals surface area contributed by atoms with Gasteiger partial charge in [0.1, 0.15) is 17.5 Å². The molecule has 0 aliphatic carbocycles. The zero-order valence-corrected chi connectivity index (χ0v) is 29.0. The molecule has 0 radical (unpaired) electrons. The maximum absolute atomic E-state index is 13.6. The van der Waals surface area contributed by atoms with Crippen molar-refractivity contribution in [2.45, 2.75) is 91.9 Å². The van der Waals surface area contributed by atoms with Gasteiger partial charge in [-0.15, -0.1) is 0 Å². The number of carbonyl (C=O) groups is 3. The summed E-state index contributed by atoms with van der Waals surface area (Å²) < 4.78 is 93.5. The van der Waals surface area contributed by atoms with Gasteiger partial charge in [-0.05, 0) is 71.9 Å². The number of aromatic hydroxyl groups is 3. The van der Waals surface area contributed by atoms with Crippen LogP contribution >= 0.6 is 0 Å². The fourth-order valence-corrected chi connectivity index (χ4v) is 4.95. The van der Waals surface area contributed by atoms with Gasteiger partial charge in [0.25, 0.3) is 0 Å². The number of carbonyl (C=O) groups excluding carboxylic acids is 3. The number of hydrogen-bond donors (Lipinski definition) is 3. The number of halogens is 6. The molecule has 0 spiro atoms. The minimum atomic E-state index is -0.887. The van der Waals surface area contributed by atoms with Crippen LogP contribution in [0, 0.1) is 34.9 Å². The van der Waals surface area contributed by atoms with Crippen LogP contribution in [0.25, 0.3) is 0 Å². The van der Waals surface area contributed by atoms with E-state index in [4.69, 9.17) is 0 Å². The molecule has 9 nitrogen and oxygen atoms in total. The van der Waals surface area contributed by atoms with Crippen molar-refractivity contribution in [1.82, 2.24) is 0 Å². The molecular formula is C38H50F6O9. The van der Waals surface area contributed by atoms with Gasteiger partial charge in [-0.1, -0.05) is 35.6 Å². The highest BCUT2D eigenvalue weighted by molar-refractivity contribution is 5.71. The smallest absolute Gasteiger partial charge is 0.306 e. The van der Waals surface area contributed by atoms with Crippen molar-refractivity contribution in [2.75, 3.05) is 21.3 Å². The number of phenolic OH excluding ortho intramolecular Hbond substituents is 3. The SMILES string of the molecule is C.C.CCC(CC(=O)OC)c1cc(F)cc(O)c1F.CC[C@@H](CC(=O)OC)c1cc(F)cc(O)c1F.CC[C@H](CC(=O)OC)c1cc(F)cc(O)c1F. The Morgan fingerprint density at radius 3 is 0.868 bits per heavy atom. The first-order chi connectivity index (χ1) is 24.0. The van der Waals surface area contributed by atoms with Gasteiger partial charge in [-0.3, -0.25) is 14.4 Å². The molecule has 15 heteroatoms. The second-order valence-electron chi connectivity index (χ2n) is 11.1. The summed E-state index contributed by atoms with van der Waals surface area (Å²) in [4.78, 5) is 33.4. The topological polar surface area (TPSA) is 140 Å². The fourth-order valence-electron chi connectivity index (χ4n) is 4.95. The predicted molar refractivity (Wildman–Crippen MR) is 187 cm³/mol. The number of esters is 3. The maximum Gasteiger partial charge on any atom is 0.306 e. The molecule has 0 fully saturated rings. The Kier molecular flexibility index (Phi) is 23.0. The van der Waals surface area contributed by atoms with Gasteiger partial charge in [-0.2, -0.15) is 0 Å². The van der Waals surface area contributed by atoms with Gasteiger partial charge in [0.2, 0.25) is 0 Å². The lowest BCUT2D eigenvalue weighted by atomic mass is 9.92. The van der Waals surface area contributed by atoms with Crippen molar-refractivity contribution >= 4 is 17.9 Å². The van der Waals surface area contributed by atoms with E-state index < -0.39 is 87.8 Å². The van der Waals surface area contributed by atoms with E-state index in [0.717, 1.165) is 18.2 Å². The lowest BCUT2D eigenvalue weighted by Gasteiger charge is -2.15. The molecule has 0 aliphatic heterocycles. The molecule has 0 heterocycles. The summed E-state index contributed by atoms with van der Waals surface area (Å²) in [5.74, 6) is -10.1. The van der Waals surface area contributed by atoms with E-state index >= 15 is 0 Å². The van der Waals surface area contributed by atoms with Crippen LogP contribution in [0.5, 0.6) is 17.2 Å². The number of phenols is 3. The number of rotatable bonds is 12.